The first-order valence-corrected chi connectivity index (χ1v) is 12.3. The van der Waals surface area contributed by atoms with Crippen molar-refractivity contribution in [3.63, 3.8) is 0 Å². The van der Waals surface area contributed by atoms with E-state index in [1.807, 2.05) is 54.7 Å². The zero-order valence-electron chi connectivity index (χ0n) is 19.7. The molecule has 3 aromatic heterocycles. The maximum atomic E-state index is 6.35. The Kier molecular flexibility index (Phi) is 4.19. The number of pyridine rings is 1. The summed E-state index contributed by atoms with van der Waals surface area (Å²) in [6, 6.07) is 37.3. The van der Waals surface area contributed by atoms with Crippen molar-refractivity contribution in [3.05, 3.63) is 115 Å². The van der Waals surface area contributed by atoms with E-state index in [-0.39, 0.29) is 0 Å². The highest BCUT2D eigenvalue weighted by molar-refractivity contribution is 6.17. The molecule has 0 saturated carbocycles. The number of furan rings is 1. The predicted molar refractivity (Wildman–Crippen MR) is 150 cm³/mol. The van der Waals surface area contributed by atoms with Gasteiger partial charge in [-0.05, 0) is 47.2 Å². The van der Waals surface area contributed by atoms with Gasteiger partial charge in [0, 0.05) is 38.9 Å². The van der Waals surface area contributed by atoms with Crippen LogP contribution in [0.3, 0.4) is 0 Å². The molecule has 8 rings (SSSR count). The van der Waals surface area contributed by atoms with E-state index in [9.17, 15) is 0 Å². The van der Waals surface area contributed by atoms with Crippen molar-refractivity contribution in [1.29, 1.82) is 0 Å². The second-order valence-corrected chi connectivity index (χ2v) is 9.27. The molecule has 0 saturated heterocycles. The van der Waals surface area contributed by atoms with Crippen LogP contribution in [0.4, 0.5) is 0 Å². The minimum absolute atomic E-state index is 0.660. The molecular weight excluding hydrogens is 454 g/mol. The number of fused-ring (bicyclic) bond motifs is 6. The molecule has 5 aromatic carbocycles. The summed E-state index contributed by atoms with van der Waals surface area (Å²) in [4.78, 5) is 14.8. The molecule has 8 aromatic rings. The van der Waals surface area contributed by atoms with E-state index in [0.717, 1.165) is 66.0 Å². The molecule has 0 fully saturated rings. The molecule has 0 aliphatic rings. The Morgan fingerprint density at radius 2 is 1.30 bits per heavy atom. The van der Waals surface area contributed by atoms with Crippen LogP contribution in [-0.4, -0.2) is 15.0 Å². The van der Waals surface area contributed by atoms with Crippen molar-refractivity contribution in [1.82, 2.24) is 15.0 Å². The smallest absolute Gasteiger partial charge is 0.162 e. The van der Waals surface area contributed by atoms with Gasteiger partial charge >= 0.3 is 0 Å². The number of hydrogen-bond acceptors (Lipinski definition) is 4. The minimum Gasteiger partial charge on any atom is -0.456 e. The van der Waals surface area contributed by atoms with E-state index in [2.05, 4.69) is 65.6 Å². The predicted octanol–water partition coefficient (Wildman–Crippen LogP) is 8.56. The van der Waals surface area contributed by atoms with Crippen LogP contribution in [0.25, 0.3) is 77.2 Å². The molecule has 0 bridgehead atoms. The van der Waals surface area contributed by atoms with E-state index in [1.54, 1.807) is 0 Å². The van der Waals surface area contributed by atoms with Crippen molar-refractivity contribution >= 4 is 54.5 Å². The van der Waals surface area contributed by atoms with Gasteiger partial charge in [0.25, 0.3) is 0 Å². The maximum absolute atomic E-state index is 6.35. The number of para-hydroxylation sites is 2. The number of aromatic nitrogens is 3. The largest absolute Gasteiger partial charge is 0.456 e. The summed E-state index contributed by atoms with van der Waals surface area (Å²) in [5.41, 5.74) is 6.34. The Morgan fingerprint density at radius 1 is 0.541 bits per heavy atom. The van der Waals surface area contributed by atoms with Crippen LogP contribution in [0.5, 0.6) is 0 Å². The van der Waals surface area contributed by atoms with Crippen LogP contribution in [-0.2, 0) is 0 Å². The van der Waals surface area contributed by atoms with Gasteiger partial charge in [-0.1, -0.05) is 72.8 Å². The molecule has 0 amide bonds. The Bertz CT molecular complexity index is 2150. The Hall–Kier alpha value is -5.09. The summed E-state index contributed by atoms with van der Waals surface area (Å²) in [5.74, 6) is 0.660. The summed E-state index contributed by atoms with van der Waals surface area (Å²) in [7, 11) is 0. The molecular formula is C33H19N3O. The summed E-state index contributed by atoms with van der Waals surface area (Å²) in [6.07, 6.45) is 1.82. The van der Waals surface area contributed by atoms with Crippen molar-refractivity contribution in [3.8, 4) is 22.6 Å². The molecule has 3 heterocycles. The topological polar surface area (TPSA) is 51.8 Å². The molecule has 0 atom stereocenters. The second-order valence-electron chi connectivity index (χ2n) is 9.27. The molecule has 0 radical (unpaired) electrons. The second kappa shape index (κ2) is 7.70. The average molecular weight is 474 g/mol. The highest BCUT2D eigenvalue weighted by Crippen LogP contribution is 2.40. The van der Waals surface area contributed by atoms with Gasteiger partial charge in [-0.3, -0.25) is 4.98 Å². The van der Waals surface area contributed by atoms with E-state index in [4.69, 9.17) is 14.4 Å². The van der Waals surface area contributed by atoms with Crippen molar-refractivity contribution in [2.75, 3.05) is 0 Å². The first kappa shape index (κ1) is 20.1. The molecule has 0 spiro atoms. The monoisotopic (exact) mass is 473 g/mol. The number of benzene rings is 5. The first-order chi connectivity index (χ1) is 18.3. The van der Waals surface area contributed by atoms with Gasteiger partial charge < -0.3 is 4.42 Å². The number of nitrogens with zero attached hydrogens (tertiary/aromatic N) is 3. The van der Waals surface area contributed by atoms with Crippen LogP contribution < -0.4 is 0 Å². The Labute approximate surface area is 211 Å². The molecule has 0 unspecified atom stereocenters. The fourth-order valence-electron chi connectivity index (χ4n) is 5.40. The van der Waals surface area contributed by atoms with Gasteiger partial charge in [0.15, 0.2) is 5.82 Å². The highest BCUT2D eigenvalue weighted by atomic mass is 16.3. The lowest BCUT2D eigenvalue weighted by Crippen LogP contribution is -1.96. The van der Waals surface area contributed by atoms with Gasteiger partial charge in [0.05, 0.1) is 16.7 Å². The minimum atomic E-state index is 0.660. The van der Waals surface area contributed by atoms with Gasteiger partial charge in [-0.2, -0.15) is 0 Å². The Balaban J connectivity index is 1.48. The quantitative estimate of drug-likeness (QED) is 0.252. The SMILES string of the molecule is c1ccc2cc3c(cc2c1)oc1cccc(-c2nc(-c4cccc5cccnc45)nc4ccccc24)c13. The molecule has 172 valence electrons. The van der Waals surface area contributed by atoms with Gasteiger partial charge in [-0.15, -0.1) is 0 Å². The van der Waals surface area contributed by atoms with Crippen LogP contribution in [0, 0.1) is 0 Å². The Morgan fingerprint density at radius 3 is 2.24 bits per heavy atom. The first-order valence-electron chi connectivity index (χ1n) is 12.3. The van der Waals surface area contributed by atoms with Crippen LogP contribution in [0.15, 0.2) is 120 Å². The maximum Gasteiger partial charge on any atom is 0.162 e. The molecule has 4 nitrogen and oxygen atoms in total. The van der Waals surface area contributed by atoms with E-state index in [0.29, 0.717) is 5.82 Å². The third-order valence-corrected chi connectivity index (χ3v) is 7.10. The lowest BCUT2D eigenvalue weighted by atomic mass is 9.98. The third-order valence-electron chi connectivity index (χ3n) is 7.10. The van der Waals surface area contributed by atoms with Gasteiger partial charge in [0.2, 0.25) is 0 Å². The molecule has 0 aliphatic heterocycles. The van der Waals surface area contributed by atoms with Crippen LogP contribution in [0.2, 0.25) is 0 Å². The third kappa shape index (κ3) is 3.06. The van der Waals surface area contributed by atoms with Crippen LogP contribution >= 0.6 is 0 Å². The zero-order chi connectivity index (χ0) is 24.3. The molecule has 0 aliphatic carbocycles. The zero-order valence-corrected chi connectivity index (χ0v) is 19.7. The van der Waals surface area contributed by atoms with Crippen LogP contribution in [0.1, 0.15) is 0 Å². The van der Waals surface area contributed by atoms with E-state index < -0.39 is 0 Å². The summed E-state index contributed by atoms with van der Waals surface area (Å²) in [6.45, 7) is 0. The fraction of sp³-hybridized carbons (Fsp3) is 0. The van der Waals surface area contributed by atoms with E-state index >= 15 is 0 Å². The molecule has 37 heavy (non-hydrogen) atoms. The van der Waals surface area contributed by atoms with Gasteiger partial charge in [-0.25, -0.2) is 9.97 Å². The summed E-state index contributed by atoms with van der Waals surface area (Å²) in [5, 5.41) is 6.56. The van der Waals surface area contributed by atoms with E-state index in [1.165, 1.54) is 5.39 Å². The van der Waals surface area contributed by atoms with Crippen molar-refractivity contribution < 1.29 is 4.42 Å². The number of hydrogen-bond donors (Lipinski definition) is 0. The number of rotatable bonds is 2. The van der Waals surface area contributed by atoms with Gasteiger partial charge in [0.1, 0.15) is 11.2 Å². The molecule has 4 heteroatoms. The summed E-state index contributed by atoms with van der Waals surface area (Å²) >= 11 is 0. The average Bonchev–Trinajstić information content (AvgIpc) is 3.32. The fourth-order valence-corrected chi connectivity index (χ4v) is 5.40. The van der Waals surface area contributed by atoms with Crippen molar-refractivity contribution in [2.24, 2.45) is 0 Å². The normalized spacial score (nSPS) is 11.8. The highest BCUT2D eigenvalue weighted by Gasteiger charge is 2.18. The summed E-state index contributed by atoms with van der Waals surface area (Å²) < 4.78 is 6.35. The van der Waals surface area contributed by atoms with Crippen molar-refractivity contribution in [2.45, 2.75) is 0 Å². The molecule has 0 N–H and O–H groups in total. The standard InChI is InChI=1S/C33H19N3O/c1-2-9-22-19-29-26(18-21(22)8-1)30-24(13-6-16-28(30)37-29)32-23-12-3-4-15-27(23)35-33(36-32)25-14-5-10-20-11-7-17-34-31(20)25/h1-19H. The lowest BCUT2D eigenvalue weighted by molar-refractivity contribution is 0.669. The lowest BCUT2D eigenvalue weighted by Gasteiger charge is -2.11.